The van der Waals surface area contributed by atoms with Crippen molar-refractivity contribution in [2.45, 2.75) is 25.6 Å². The van der Waals surface area contributed by atoms with Crippen LogP contribution in [0.1, 0.15) is 11.1 Å². The van der Waals surface area contributed by atoms with Crippen LogP contribution in [-0.4, -0.2) is 23.9 Å². The average Bonchev–Trinajstić information content (AvgIpc) is 2.33. The quantitative estimate of drug-likeness (QED) is 0.580. The van der Waals surface area contributed by atoms with E-state index in [1.165, 1.54) is 6.92 Å². The van der Waals surface area contributed by atoms with E-state index in [4.69, 9.17) is 16.3 Å². The number of rotatable bonds is 2. The third-order valence-corrected chi connectivity index (χ3v) is 3.08. The SMILES string of the molecule is Cc1cc(OC(F)(F)F)cc2c1O[C@H](C(F)(F)F)C(C(=O)Cl)=C2. The van der Waals surface area contributed by atoms with Gasteiger partial charge in [-0.1, -0.05) is 0 Å². The summed E-state index contributed by atoms with van der Waals surface area (Å²) in [6, 6.07) is 1.68. The van der Waals surface area contributed by atoms with Crippen LogP contribution in [0.2, 0.25) is 0 Å². The van der Waals surface area contributed by atoms with Gasteiger partial charge in [0, 0.05) is 5.56 Å². The van der Waals surface area contributed by atoms with E-state index in [1.54, 1.807) is 0 Å². The molecule has 10 heteroatoms. The van der Waals surface area contributed by atoms with Gasteiger partial charge in [0.1, 0.15) is 11.5 Å². The molecule has 1 heterocycles. The number of alkyl halides is 6. The monoisotopic (exact) mass is 360 g/mol. The van der Waals surface area contributed by atoms with Gasteiger partial charge in [-0.2, -0.15) is 13.2 Å². The van der Waals surface area contributed by atoms with Crippen molar-refractivity contribution >= 4 is 22.9 Å². The number of hydrogen-bond acceptors (Lipinski definition) is 3. The molecule has 0 radical (unpaired) electrons. The summed E-state index contributed by atoms with van der Waals surface area (Å²) in [6.45, 7) is 1.25. The summed E-state index contributed by atoms with van der Waals surface area (Å²) >= 11 is 5.11. The zero-order valence-corrected chi connectivity index (χ0v) is 11.9. The van der Waals surface area contributed by atoms with Gasteiger partial charge >= 0.3 is 12.5 Å². The molecule has 3 nitrogen and oxygen atoms in total. The second-order valence-electron chi connectivity index (χ2n) is 4.62. The van der Waals surface area contributed by atoms with Gasteiger partial charge in [-0.25, -0.2) is 0 Å². The number of fused-ring (bicyclic) bond motifs is 1. The van der Waals surface area contributed by atoms with E-state index < -0.39 is 35.2 Å². The zero-order chi connectivity index (χ0) is 17.6. The van der Waals surface area contributed by atoms with Gasteiger partial charge in [-0.15, -0.1) is 13.2 Å². The molecule has 0 amide bonds. The summed E-state index contributed by atoms with van der Waals surface area (Å²) in [6.07, 6.45) is -11.7. The maximum absolute atomic E-state index is 12.9. The van der Waals surface area contributed by atoms with Crippen LogP contribution in [0.3, 0.4) is 0 Å². The first-order valence-corrected chi connectivity index (χ1v) is 6.31. The highest BCUT2D eigenvalue weighted by molar-refractivity contribution is 6.68. The molecule has 0 aliphatic carbocycles. The Labute approximate surface area is 130 Å². The molecule has 23 heavy (non-hydrogen) atoms. The fraction of sp³-hybridized carbons (Fsp3) is 0.308. The van der Waals surface area contributed by atoms with Crippen molar-refractivity contribution in [1.29, 1.82) is 0 Å². The lowest BCUT2D eigenvalue weighted by Gasteiger charge is -2.28. The third-order valence-electron chi connectivity index (χ3n) is 2.86. The molecule has 0 saturated heterocycles. The van der Waals surface area contributed by atoms with E-state index in [-0.39, 0.29) is 16.9 Å². The molecule has 0 aromatic heterocycles. The van der Waals surface area contributed by atoms with Crippen LogP contribution in [0.25, 0.3) is 6.08 Å². The van der Waals surface area contributed by atoms with E-state index in [9.17, 15) is 31.1 Å². The number of ether oxygens (including phenoxy) is 2. The van der Waals surface area contributed by atoms with Crippen LogP contribution < -0.4 is 9.47 Å². The van der Waals surface area contributed by atoms with Crippen LogP contribution in [0.15, 0.2) is 17.7 Å². The molecule has 0 N–H and O–H groups in total. The molecule has 0 saturated carbocycles. The van der Waals surface area contributed by atoms with Crippen LogP contribution in [0.5, 0.6) is 11.5 Å². The minimum Gasteiger partial charge on any atom is -0.475 e. The summed E-state index contributed by atoms with van der Waals surface area (Å²) in [7, 11) is 0. The molecule has 1 atom stereocenters. The minimum atomic E-state index is -4.97. The topological polar surface area (TPSA) is 35.5 Å². The van der Waals surface area contributed by atoms with Crippen LogP contribution >= 0.6 is 11.6 Å². The average molecular weight is 361 g/mol. The maximum Gasteiger partial charge on any atom is 0.573 e. The predicted molar refractivity (Wildman–Crippen MR) is 67.2 cm³/mol. The largest absolute Gasteiger partial charge is 0.573 e. The Kier molecular flexibility index (Phi) is 4.27. The highest BCUT2D eigenvalue weighted by Gasteiger charge is 2.48. The van der Waals surface area contributed by atoms with Gasteiger partial charge < -0.3 is 9.47 Å². The fourth-order valence-corrected chi connectivity index (χ4v) is 2.21. The Morgan fingerprint density at radius 3 is 2.30 bits per heavy atom. The molecule has 0 spiro atoms. The summed E-state index contributed by atoms with van der Waals surface area (Å²) in [4.78, 5) is 11.2. The Bertz CT molecular complexity index is 678. The second kappa shape index (κ2) is 5.63. The van der Waals surface area contributed by atoms with Crippen molar-refractivity contribution in [1.82, 2.24) is 0 Å². The molecule has 0 fully saturated rings. The summed E-state index contributed by atoms with van der Waals surface area (Å²) in [5.41, 5.74) is -1.11. The van der Waals surface area contributed by atoms with Crippen molar-refractivity contribution < 1.29 is 40.6 Å². The first-order valence-electron chi connectivity index (χ1n) is 5.93. The van der Waals surface area contributed by atoms with Crippen LogP contribution in [-0.2, 0) is 4.79 Å². The first kappa shape index (κ1) is 17.5. The van der Waals surface area contributed by atoms with Crippen molar-refractivity contribution in [3.8, 4) is 11.5 Å². The predicted octanol–water partition coefficient (Wildman–Crippen LogP) is 4.37. The first-order chi connectivity index (χ1) is 10.4. The Hall–Kier alpha value is -1.90. The fourth-order valence-electron chi connectivity index (χ4n) is 2.06. The van der Waals surface area contributed by atoms with Gasteiger partial charge in [0.25, 0.3) is 5.24 Å². The standard InChI is InChI=1S/C13H7ClF6O3/c1-5-2-7(23-13(18,19)20)3-6-4-8(11(14)21)10(12(15,16)17)22-9(5)6/h2-4,10H,1H3/t10-/m0/s1. The Morgan fingerprint density at radius 1 is 1.22 bits per heavy atom. The molecule has 1 aliphatic heterocycles. The molecule has 1 aromatic rings. The van der Waals surface area contributed by atoms with Gasteiger partial charge in [0.15, 0.2) is 0 Å². The number of carbonyl (C=O) groups is 1. The molecule has 1 aromatic carbocycles. The molecule has 0 unspecified atom stereocenters. The normalized spacial score (nSPS) is 17.9. The lowest BCUT2D eigenvalue weighted by Crippen LogP contribution is -2.39. The third kappa shape index (κ3) is 3.90. The highest BCUT2D eigenvalue weighted by Crippen LogP contribution is 2.41. The smallest absolute Gasteiger partial charge is 0.475 e. The van der Waals surface area contributed by atoms with Gasteiger partial charge in [-0.3, -0.25) is 4.79 Å². The van der Waals surface area contributed by atoms with Gasteiger partial charge in [0.05, 0.1) is 5.57 Å². The van der Waals surface area contributed by atoms with E-state index in [0.29, 0.717) is 0 Å². The number of aryl methyl sites for hydroxylation is 1. The van der Waals surface area contributed by atoms with E-state index >= 15 is 0 Å². The van der Waals surface area contributed by atoms with Crippen LogP contribution in [0, 0.1) is 6.92 Å². The minimum absolute atomic E-state index is 0.0201. The summed E-state index contributed by atoms with van der Waals surface area (Å²) in [5, 5.41) is -1.42. The highest BCUT2D eigenvalue weighted by atomic mass is 35.5. The number of hydrogen-bond donors (Lipinski definition) is 0. The Balaban J connectivity index is 2.53. The van der Waals surface area contributed by atoms with Crippen molar-refractivity contribution in [3.63, 3.8) is 0 Å². The van der Waals surface area contributed by atoms with Gasteiger partial charge in [0.2, 0.25) is 6.10 Å². The number of halogens is 7. The summed E-state index contributed by atoms with van der Waals surface area (Å²) < 4.78 is 84.0. The lowest BCUT2D eigenvalue weighted by molar-refractivity contribution is -0.274. The summed E-state index contributed by atoms with van der Waals surface area (Å²) in [5.74, 6) is -0.955. The molecule has 1 aliphatic rings. The van der Waals surface area contributed by atoms with E-state index in [0.717, 1.165) is 18.2 Å². The maximum atomic E-state index is 12.9. The molecule has 0 bridgehead atoms. The van der Waals surface area contributed by atoms with E-state index in [2.05, 4.69) is 4.74 Å². The Morgan fingerprint density at radius 2 is 1.83 bits per heavy atom. The second-order valence-corrected chi connectivity index (χ2v) is 4.96. The number of benzene rings is 1. The van der Waals surface area contributed by atoms with Crippen molar-refractivity contribution in [2.24, 2.45) is 0 Å². The van der Waals surface area contributed by atoms with Crippen molar-refractivity contribution in [2.75, 3.05) is 0 Å². The van der Waals surface area contributed by atoms with Gasteiger partial charge in [-0.05, 0) is 42.3 Å². The van der Waals surface area contributed by atoms with E-state index in [1.807, 2.05) is 0 Å². The molecular weight excluding hydrogens is 354 g/mol. The number of carbonyl (C=O) groups excluding carboxylic acids is 1. The molecule has 126 valence electrons. The zero-order valence-electron chi connectivity index (χ0n) is 11.2. The lowest BCUT2D eigenvalue weighted by atomic mass is 9.99. The molecular formula is C13H7ClF6O3. The van der Waals surface area contributed by atoms with Crippen LogP contribution in [0.4, 0.5) is 26.3 Å². The molecule has 2 rings (SSSR count). The van der Waals surface area contributed by atoms with Crippen molar-refractivity contribution in [3.05, 3.63) is 28.8 Å².